The van der Waals surface area contributed by atoms with Crippen molar-refractivity contribution in [1.29, 1.82) is 0 Å². The molecule has 1 aliphatic carbocycles. The van der Waals surface area contributed by atoms with Gasteiger partial charge in [0.25, 0.3) is 11.8 Å². The molecule has 32 heavy (non-hydrogen) atoms. The molecule has 10 heteroatoms. The molecule has 2 aromatic carbocycles. The molecule has 3 N–H and O–H groups in total. The van der Waals surface area contributed by atoms with E-state index < -0.39 is 17.4 Å². The summed E-state index contributed by atoms with van der Waals surface area (Å²) in [5.41, 5.74) is 8.00. The minimum absolute atomic E-state index is 0.00825. The minimum atomic E-state index is -1.20. The van der Waals surface area contributed by atoms with Crippen LogP contribution in [0.4, 0.5) is 0 Å². The number of fused-ring (bicyclic) bond motifs is 5. The monoisotopic (exact) mass is 446 g/mol. The lowest BCUT2D eigenvalue weighted by molar-refractivity contribution is -0.141. The zero-order chi connectivity index (χ0) is 22.5. The number of carbonyl (C=O) groups excluding carboxylic acids is 3. The number of guanidine groups is 1. The largest absolute Gasteiger partial charge is 0.291 e. The van der Waals surface area contributed by atoms with Gasteiger partial charge in [-0.25, -0.2) is 0 Å². The normalized spacial score (nSPS) is 18.6. The predicted molar refractivity (Wildman–Crippen MR) is 120 cm³/mol. The van der Waals surface area contributed by atoms with Crippen LogP contribution in [-0.4, -0.2) is 45.2 Å². The van der Waals surface area contributed by atoms with Gasteiger partial charge in [-0.3, -0.25) is 35.5 Å². The number of hydrazine groups is 1. The van der Waals surface area contributed by atoms with Crippen LogP contribution in [0.5, 0.6) is 0 Å². The SMILES string of the molecule is C=CCN1C(=O)CC(=O)N(NC2=NNC3(C(=O)N2)c2ccccc2-c2ccccc23)C1=S. The van der Waals surface area contributed by atoms with Crippen LogP contribution >= 0.6 is 12.2 Å². The summed E-state index contributed by atoms with van der Waals surface area (Å²) in [6, 6.07) is 15.3. The third-order valence-electron chi connectivity index (χ3n) is 5.66. The van der Waals surface area contributed by atoms with E-state index in [1.165, 1.54) is 11.0 Å². The van der Waals surface area contributed by atoms with Crippen molar-refractivity contribution in [2.24, 2.45) is 5.10 Å². The lowest BCUT2D eigenvalue weighted by atomic mass is 9.87. The smallest absolute Gasteiger partial charge is 0.263 e. The molecule has 1 spiro atoms. The summed E-state index contributed by atoms with van der Waals surface area (Å²) < 4.78 is 0. The Morgan fingerprint density at radius 1 is 1.06 bits per heavy atom. The molecule has 9 nitrogen and oxygen atoms in total. The predicted octanol–water partition coefficient (Wildman–Crippen LogP) is 0.937. The van der Waals surface area contributed by atoms with Gasteiger partial charge in [0.15, 0.2) is 5.54 Å². The quantitative estimate of drug-likeness (QED) is 0.368. The Balaban J connectivity index is 1.47. The van der Waals surface area contributed by atoms with E-state index in [-0.39, 0.29) is 29.9 Å². The van der Waals surface area contributed by atoms with Gasteiger partial charge in [-0.2, -0.15) is 5.01 Å². The van der Waals surface area contributed by atoms with Crippen molar-refractivity contribution in [2.45, 2.75) is 12.0 Å². The van der Waals surface area contributed by atoms with E-state index in [2.05, 4.69) is 27.8 Å². The molecule has 160 valence electrons. The number of nitrogens with zero attached hydrogens (tertiary/aromatic N) is 3. The van der Waals surface area contributed by atoms with E-state index in [9.17, 15) is 14.4 Å². The Labute approximate surface area is 188 Å². The molecule has 0 unspecified atom stereocenters. The number of nitrogens with one attached hydrogen (secondary N) is 3. The number of hydrazone groups is 1. The molecule has 0 saturated carbocycles. The maximum Gasteiger partial charge on any atom is 0.263 e. The fourth-order valence-corrected chi connectivity index (χ4v) is 4.56. The van der Waals surface area contributed by atoms with Crippen molar-refractivity contribution in [2.75, 3.05) is 6.54 Å². The maximum absolute atomic E-state index is 13.5. The van der Waals surface area contributed by atoms with Crippen molar-refractivity contribution in [1.82, 2.24) is 26.1 Å². The van der Waals surface area contributed by atoms with Crippen molar-refractivity contribution < 1.29 is 14.4 Å². The summed E-state index contributed by atoms with van der Waals surface area (Å²) >= 11 is 5.28. The van der Waals surface area contributed by atoms with Crippen LogP contribution in [-0.2, 0) is 19.9 Å². The Bertz CT molecular complexity index is 1190. The van der Waals surface area contributed by atoms with E-state index >= 15 is 0 Å². The van der Waals surface area contributed by atoms with Crippen LogP contribution in [0, 0.1) is 0 Å². The van der Waals surface area contributed by atoms with Gasteiger partial charge in [0.1, 0.15) is 6.42 Å². The van der Waals surface area contributed by atoms with Crippen LogP contribution in [0.3, 0.4) is 0 Å². The van der Waals surface area contributed by atoms with Gasteiger partial charge in [0.05, 0.1) is 0 Å². The summed E-state index contributed by atoms with van der Waals surface area (Å²) in [4.78, 5) is 39.2. The first-order chi connectivity index (χ1) is 15.5. The van der Waals surface area contributed by atoms with E-state index in [0.717, 1.165) is 27.3 Å². The van der Waals surface area contributed by atoms with E-state index in [1.807, 2.05) is 48.5 Å². The number of carbonyl (C=O) groups is 3. The topological polar surface area (TPSA) is 106 Å². The van der Waals surface area contributed by atoms with Crippen LogP contribution in [0.2, 0.25) is 0 Å². The molecular formula is C22H18N6O3S. The number of amides is 3. The molecule has 0 atom stereocenters. The number of thiocarbonyl (C=S) groups is 1. The first-order valence-electron chi connectivity index (χ1n) is 9.88. The molecule has 2 aliphatic heterocycles. The molecule has 2 heterocycles. The van der Waals surface area contributed by atoms with Crippen molar-refractivity contribution >= 4 is 41.0 Å². The van der Waals surface area contributed by atoms with Gasteiger partial charge in [-0.1, -0.05) is 54.6 Å². The Hall–Kier alpha value is -4.05. The summed E-state index contributed by atoms with van der Waals surface area (Å²) in [7, 11) is 0. The first-order valence-corrected chi connectivity index (χ1v) is 10.3. The highest BCUT2D eigenvalue weighted by Gasteiger charge is 2.51. The first kappa shape index (κ1) is 19.9. The number of hydrogen-bond donors (Lipinski definition) is 3. The van der Waals surface area contributed by atoms with Crippen LogP contribution < -0.4 is 16.2 Å². The third kappa shape index (κ3) is 2.73. The summed E-state index contributed by atoms with van der Waals surface area (Å²) in [6.45, 7) is 3.77. The third-order valence-corrected chi connectivity index (χ3v) is 6.07. The molecule has 3 amide bonds. The Kier molecular flexibility index (Phi) is 4.52. The maximum atomic E-state index is 13.5. The van der Waals surface area contributed by atoms with Gasteiger partial charge in [-0.05, 0) is 23.3 Å². The highest BCUT2D eigenvalue weighted by atomic mass is 32.1. The van der Waals surface area contributed by atoms with E-state index in [0.29, 0.717) is 0 Å². The van der Waals surface area contributed by atoms with Crippen LogP contribution in [0.1, 0.15) is 17.5 Å². The molecule has 0 radical (unpaired) electrons. The highest BCUT2D eigenvalue weighted by molar-refractivity contribution is 7.80. The molecule has 1 saturated heterocycles. The standard InChI is InChI=1S/C22H18N6O3S/c1-2-11-27-17(29)12-18(30)28(21(27)32)25-20-23-19(31)22(26-24-20)15-9-5-3-7-13(15)14-8-4-6-10-16(14)22/h2-10,26H,1,11-12H2,(H2,23,24,25,31). The molecule has 5 rings (SSSR count). The van der Waals surface area contributed by atoms with Gasteiger partial charge in [-0.15, -0.1) is 11.7 Å². The fourth-order valence-electron chi connectivity index (χ4n) is 4.24. The fraction of sp³-hybridized carbons (Fsp3) is 0.136. The molecule has 0 aromatic heterocycles. The minimum Gasteiger partial charge on any atom is -0.291 e. The summed E-state index contributed by atoms with van der Waals surface area (Å²) in [5, 5.41) is 8.03. The average molecular weight is 446 g/mol. The molecule has 3 aliphatic rings. The molecular weight excluding hydrogens is 428 g/mol. The van der Waals surface area contributed by atoms with E-state index in [1.54, 1.807) is 0 Å². The average Bonchev–Trinajstić information content (AvgIpc) is 3.08. The molecule has 2 aromatic rings. The van der Waals surface area contributed by atoms with Crippen molar-refractivity contribution in [3.8, 4) is 11.1 Å². The van der Waals surface area contributed by atoms with Gasteiger partial charge in [0.2, 0.25) is 17.0 Å². The summed E-state index contributed by atoms with van der Waals surface area (Å²) in [6.07, 6.45) is 1.15. The zero-order valence-corrected chi connectivity index (χ0v) is 17.6. The lowest BCUT2D eigenvalue weighted by Gasteiger charge is -2.38. The number of benzene rings is 2. The van der Waals surface area contributed by atoms with E-state index in [4.69, 9.17) is 12.2 Å². The van der Waals surface area contributed by atoms with Crippen LogP contribution in [0.15, 0.2) is 66.3 Å². The number of rotatable bonds is 3. The second-order valence-corrected chi connectivity index (χ2v) is 7.83. The Morgan fingerprint density at radius 2 is 1.69 bits per heavy atom. The Morgan fingerprint density at radius 3 is 2.28 bits per heavy atom. The van der Waals surface area contributed by atoms with Crippen molar-refractivity contribution in [3.63, 3.8) is 0 Å². The lowest BCUT2D eigenvalue weighted by Crippen LogP contribution is -2.66. The zero-order valence-electron chi connectivity index (χ0n) is 16.8. The second-order valence-electron chi connectivity index (χ2n) is 7.46. The van der Waals surface area contributed by atoms with Gasteiger partial charge < -0.3 is 0 Å². The highest BCUT2D eigenvalue weighted by Crippen LogP contribution is 2.47. The summed E-state index contributed by atoms with van der Waals surface area (Å²) in [5.74, 6) is -1.33. The molecule has 0 bridgehead atoms. The van der Waals surface area contributed by atoms with Crippen LogP contribution in [0.25, 0.3) is 11.1 Å². The van der Waals surface area contributed by atoms with Gasteiger partial charge in [0, 0.05) is 17.7 Å². The van der Waals surface area contributed by atoms with Gasteiger partial charge >= 0.3 is 0 Å². The van der Waals surface area contributed by atoms with Crippen molar-refractivity contribution in [3.05, 3.63) is 72.3 Å². The number of hydrogen-bond acceptors (Lipinski definition) is 7. The molecule has 1 fully saturated rings. The second kappa shape index (κ2) is 7.27.